The van der Waals surface area contributed by atoms with Gasteiger partial charge in [0.2, 0.25) is 5.95 Å². The minimum Gasteiger partial charge on any atom is -0.478 e. The predicted octanol–water partition coefficient (Wildman–Crippen LogP) is 6.74. The van der Waals surface area contributed by atoms with E-state index in [4.69, 9.17) is 9.84 Å². The second-order valence-electron chi connectivity index (χ2n) is 10.9. The van der Waals surface area contributed by atoms with Crippen LogP contribution in [0, 0.1) is 11.9 Å². The lowest BCUT2D eigenvalue weighted by Crippen LogP contribution is -2.19. The molecule has 0 amide bonds. The number of hydrogen-bond acceptors (Lipinski definition) is 5. The van der Waals surface area contributed by atoms with E-state index in [2.05, 4.69) is 5.10 Å². The number of hydrogen-bond donors (Lipinski definition) is 1. The first-order valence-corrected chi connectivity index (χ1v) is 15.9. The van der Waals surface area contributed by atoms with Gasteiger partial charge in [-0.25, -0.2) is 17.9 Å². The predicted molar refractivity (Wildman–Crippen MR) is 160 cm³/mol. The molecule has 0 bridgehead atoms. The number of carboxylic acid groups (broad SMARTS) is 1. The number of ether oxygens (including phenoxy) is 1. The van der Waals surface area contributed by atoms with E-state index >= 15 is 4.39 Å². The molecule has 0 radical (unpaired) electrons. The van der Waals surface area contributed by atoms with Gasteiger partial charge in [0, 0.05) is 18.9 Å². The number of rotatable bonds is 8. The van der Waals surface area contributed by atoms with E-state index in [1.807, 2.05) is 48.5 Å². The Morgan fingerprint density at radius 3 is 2.43 bits per heavy atom. The molecule has 216 valence electrons. The third-order valence-corrected chi connectivity index (χ3v) is 8.98. The van der Waals surface area contributed by atoms with Gasteiger partial charge in [-0.15, -0.1) is 5.10 Å². The van der Waals surface area contributed by atoms with Gasteiger partial charge in [-0.05, 0) is 95.7 Å². The van der Waals surface area contributed by atoms with E-state index in [0.717, 1.165) is 60.5 Å². The van der Waals surface area contributed by atoms with Crippen LogP contribution in [-0.2, 0) is 19.4 Å². The number of aliphatic carboxylic acids is 1. The molecule has 1 aliphatic carbocycles. The maximum absolute atomic E-state index is 15.4. The highest BCUT2D eigenvalue weighted by atomic mass is 32.2. The van der Waals surface area contributed by atoms with E-state index in [9.17, 15) is 13.2 Å². The number of halogens is 1. The quantitative estimate of drug-likeness (QED) is 0.181. The molecule has 2 heterocycles. The zero-order valence-electron chi connectivity index (χ0n) is 23.2. The lowest BCUT2D eigenvalue weighted by Gasteiger charge is -2.23. The molecule has 0 spiro atoms. The van der Waals surface area contributed by atoms with Crippen LogP contribution >= 0.6 is 0 Å². The van der Waals surface area contributed by atoms with E-state index in [1.165, 1.54) is 12.3 Å². The van der Waals surface area contributed by atoms with Crippen LogP contribution in [0.25, 0.3) is 28.1 Å². The van der Waals surface area contributed by atoms with E-state index < -0.39 is 21.8 Å². The third-order valence-electron chi connectivity index (χ3n) is 7.83. The van der Waals surface area contributed by atoms with Crippen LogP contribution in [0.4, 0.5) is 4.39 Å². The third kappa shape index (κ3) is 5.67. The lowest BCUT2D eigenvalue weighted by atomic mass is 9.86. The Hall–Kier alpha value is -4.08. The molecule has 1 aliphatic heterocycles. The molecule has 1 aromatic heterocycles. The summed E-state index contributed by atoms with van der Waals surface area (Å²) >= 11 is 0. The van der Waals surface area contributed by atoms with E-state index in [-0.39, 0.29) is 17.0 Å². The molecular formula is C33H31FN2O5S. The van der Waals surface area contributed by atoms with Crippen molar-refractivity contribution in [3.63, 3.8) is 0 Å². The molecule has 1 N–H and O–H groups in total. The molecule has 6 rings (SSSR count). The smallest absolute Gasteiger partial charge is 0.328 e. The Kier molecular flexibility index (Phi) is 7.55. The van der Waals surface area contributed by atoms with Crippen molar-refractivity contribution < 1.29 is 27.4 Å². The highest BCUT2D eigenvalue weighted by Gasteiger charge is 2.33. The number of fused-ring (bicyclic) bond motifs is 1. The van der Waals surface area contributed by atoms with Crippen molar-refractivity contribution in [2.75, 3.05) is 12.9 Å². The number of carboxylic acids is 1. The van der Waals surface area contributed by atoms with Gasteiger partial charge in [0.15, 0.2) is 16.1 Å². The van der Waals surface area contributed by atoms with Crippen molar-refractivity contribution in [2.24, 2.45) is 5.92 Å². The Bertz CT molecular complexity index is 1830. The average molecular weight is 587 g/mol. The van der Waals surface area contributed by atoms with Crippen molar-refractivity contribution in [1.82, 2.24) is 9.78 Å². The van der Waals surface area contributed by atoms with Crippen LogP contribution in [0.3, 0.4) is 0 Å². The summed E-state index contributed by atoms with van der Waals surface area (Å²) in [6.07, 6.45) is 8.02. The second-order valence-corrected chi connectivity index (χ2v) is 12.9. The van der Waals surface area contributed by atoms with Crippen LogP contribution in [0.1, 0.15) is 60.6 Å². The van der Waals surface area contributed by atoms with Crippen LogP contribution in [0.2, 0.25) is 0 Å². The summed E-state index contributed by atoms with van der Waals surface area (Å²) in [4.78, 5) is 11.3. The second kappa shape index (κ2) is 11.3. The molecule has 1 unspecified atom stereocenters. The fourth-order valence-corrected chi connectivity index (χ4v) is 6.65. The molecule has 4 aromatic rings. The molecule has 3 aromatic carbocycles. The minimum absolute atomic E-state index is 0.133. The Balaban J connectivity index is 1.58. The normalized spacial score (nSPS) is 18.4. The number of aromatic nitrogens is 2. The van der Waals surface area contributed by atoms with Gasteiger partial charge in [-0.1, -0.05) is 48.5 Å². The highest BCUT2D eigenvalue weighted by Crippen LogP contribution is 2.49. The van der Waals surface area contributed by atoms with Crippen LogP contribution in [0.15, 0.2) is 77.7 Å². The molecule has 1 saturated carbocycles. The maximum Gasteiger partial charge on any atom is 0.328 e. The van der Waals surface area contributed by atoms with E-state index in [1.54, 1.807) is 22.9 Å². The van der Waals surface area contributed by atoms with Gasteiger partial charge in [-0.3, -0.25) is 0 Å². The summed E-state index contributed by atoms with van der Waals surface area (Å²) < 4.78 is 48.7. The molecule has 2 aliphatic rings. The minimum atomic E-state index is -3.54. The highest BCUT2D eigenvalue weighted by molar-refractivity contribution is 7.90. The number of allylic oxidation sites excluding steroid dienone is 1. The van der Waals surface area contributed by atoms with Gasteiger partial charge < -0.3 is 9.84 Å². The fourth-order valence-electron chi connectivity index (χ4n) is 5.74. The van der Waals surface area contributed by atoms with Gasteiger partial charge in [-0.2, -0.15) is 4.39 Å². The maximum atomic E-state index is 15.4. The molecule has 1 atom stereocenters. The first-order chi connectivity index (χ1) is 20.2. The van der Waals surface area contributed by atoms with Gasteiger partial charge in [0.25, 0.3) is 0 Å². The molecule has 1 saturated heterocycles. The summed E-state index contributed by atoms with van der Waals surface area (Å²) in [5, 5.41) is 13.6. The topological polar surface area (TPSA) is 98.5 Å². The molecule has 2 fully saturated rings. The number of benzene rings is 3. The monoisotopic (exact) mass is 586 g/mol. The van der Waals surface area contributed by atoms with Gasteiger partial charge in [0.1, 0.15) is 0 Å². The Morgan fingerprint density at radius 1 is 1.02 bits per heavy atom. The van der Waals surface area contributed by atoms with Crippen molar-refractivity contribution in [3.8, 4) is 0 Å². The summed E-state index contributed by atoms with van der Waals surface area (Å²) in [7, 11) is -3.54. The Labute approximate surface area is 243 Å². The number of sulfone groups is 1. The Morgan fingerprint density at radius 2 is 1.76 bits per heavy atom. The number of carbonyl (C=O) groups is 1. The van der Waals surface area contributed by atoms with Crippen LogP contribution in [0.5, 0.6) is 0 Å². The van der Waals surface area contributed by atoms with Crippen LogP contribution < -0.4 is 0 Å². The van der Waals surface area contributed by atoms with Crippen molar-refractivity contribution >= 4 is 43.9 Å². The van der Waals surface area contributed by atoms with Crippen molar-refractivity contribution in [1.29, 1.82) is 0 Å². The van der Waals surface area contributed by atoms with Crippen LogP contribution in [-0.4, -0.2) is 42.1 Å². The fraction of sp³-hybridized carbons (Fsp3) is 0.273. The zero-order valence-corrected chi connectivity index (χ0v) is 24.0. The summed E-state index contributed by atoms with van der Waals surface area (Å²) in [6.45, 7) is 0.612. The first kappa shape index (κ1) is 28.1. The number of nitrogens with zero attached hydrogens (tertiary/aromatic N) is 2. The molecule has 7 nitrogen and oxygen atoms in total. The average Bonchev–Trinajstić information content (AvgIpc) is 3.77. The van der Waals surface area contributed by atoms with Gasteiger partial charge >= 0.3 is 5.97 Å². The molecule has 9 heteroatoms. The zero-order chi connectivity index (χ0) is 29.4. The summed E-state index contributed by atoms with van der Waals surface area (Å²) in [5.41, 5.74) is 5.25. The van der Waals surface area contributed by atoms with Crippen molar-refractivity contribution in [2.45, 2.75) is 43.2 Å². The SMILES string of the molecule is CS(=O)(=O)c1ccccc1/C(=C(\c1ccc(/C=C/C(=O)O)cc1)c1ccc2c(c1)c(F)nn2C1CCCCO1)C1CC1. The molecule has 42 heavy (non-hydrogen) atoms. The standard InChI is InChI=1S/C33H31FN2O5S/c1-42(39,40)28-7-3-2-6-25(28)32(23-14-15-23)31(22-12-9-21(10-13-22)11-18-30(37)38)24-16-17-27-26(20-24)33(34)35-36(27)29-8-4-5-19-41-29/h2-3,6-7,9-13,16-18,20,23,29H,4-5,8,14-15,19H2,1H3,(H,37,38)/b18-11+,32-31+. The van der Waals surface area contributed by atoms with Crippen molar-refractivity contribution in [3.05, 3.63) is 101 Å². The first-order valence-electron chi connectivity index (χ1n) is 14.1. The largest absolute Gasteiger partial charge is 0.478 e. The van der Waals surface area contributed by atoms with Gasteiger partial charge in [0.05, 0.1) is 15.8 Å². The summed E-state index contributed by atoms with van der Waals surface area (Å²) in [5.74, 6) is -1.49. The lowest BCUT2D eigenvalue weighted by molar-refractivity contribution is -0.131. The van der Waals surface area contributed by atoms with E-state index in [0.29, 0.717) is 28.6 Å². The summed E-state index contributed by atoms with van der Waals surface area (Å²) in [6, 6.07) is 20.0. The molecular weight excluding hydrogens is 555 g/mol.